The third-order valence-corrected chi connectivity index (χ3v) is 5.59. The Bertz CT molecular complexity index is 1340. The molecule has 14 heteroatoms. The Hall–Kier alpha value is -3.84. The lowest BCUT2D eigenvalue weighted by Gasteiger charge is -2.12. The van der Waals surface area contributed by atoms with E-state index in [1.165, 1.54) is 26.6 Å². The molecular weight excluding hydrogens is 502 g/mol. The minimum Gasteiger partial charge on any atom is -0.494 e. The number of aromatic nitrogens is 4. The van der Waals surface area contributed by atoms with E-state index in [2.05, 4.69) is 20.1 Å². The van der Waals surface area contributed by atoms with Gasteiger partial charge in [-0.1, -0.05) is 11.6 Å². The molecule has 1 amide bonds. The molecule has 0 bridgehead atoms. The van der Waals surface area contributed by atoms with Crippen LogP contribution in [0.2, 0.25) is 5.15 Å². The van der Waals surface area contributed by atoms with Crippen molar-refractivity contribution in [3.63, 3.8) is 0 Å². The number of ether oxygens (including phenoxy) is 3. The van der Waals surface area contributed by atoms with E-state index in [9.17, 15) is 14.4 Å². The van der Waals surface area contributed by atoms with E-state index >= 15 is 0 Å². The van der Waals surface area contributed by atoms with Gasteiger partial charge >= 0.3 is 11.9 Å². The maximum absolute atomic E-state index is 13.2. The van der Waals surface area contributed by atoms with Crippen LogP contribution in [0.3, 0.4) is 0 Å². The van der Waals surface area contributed by atoms with Crippen LogP contribution in [0, 0.1) is 6.92 Å². The van der Waals surface area contributed by atoms with Crippen molar-refractivity contribution in [2.45, 2.75) is 26.5 Å². The standard InChI is InChI=1S/C21H20ClN5O7S/c1-11-6-12(13-7-16(22)24-9-15(13)32-2)14(8-23-11)19(31)25-20-27(26-21(33-3)35-20)10-34-18(30)5-4-17(28)29/h6-9H,4-5,10H2,1-3H3,(H,28,29). The Morgan fingerprint density at radius 1 is 1.11 bits per heavy atom. The molecule has 3 aromatic rings. The molecule has 0 saturated heterocycles. The molecule has 0 saturated carbocycles. The summed E-state index contributed by atoms with van der Waals surface area (Å²) in [6.07, 6.45) is 2.15. The fraction of sp³-hybridized carbons (Fsp3) is 0.286. The first kappa shape index (κ1) is 25.8. The number of rotatable bonds is 9. The molecule has 3 rings (SSSR count). The number of carbonyl (C=O) groups excluding carboxylic acids is 2. The number of amides is 1. The number of halogens is 1. The minimum atomic E-state index is -1.12. The second-order valence-electron chi connectivity index (χ2n) is 6.89. The van der Waals surface area contributed by atoms with Crippen LogP contribution < -0.4 is 14.3 Å². The Morgan fingerprint density at radius 3 is 2.57 bits per heavy atom. The molecule has 0 radical (unpaired) electrons. The van der Waals surface area contributed by atoms with Gasteiger partial charge in [0.1, 0.15) is 10.9 Å². The molecule has 0 fully saturated rings. The molecule has 12 nitrogen and oxygen atoms in total. The van der Waals surface area contributed by atoms with Gasteiger partial charge in [0.15, 0.2) is 6.73 Å². The number of aliphatic carboxylic acids is 1. The minimum absolute atomic E-state index is 0.0872. The molecule has 0 atom stereocenters. The van der Waals surface area contributed by atoms with Gasteiger partial charge in [0.2, 0.25) is 4.80 Å². The van der Waals surface area contributed by atoms with E-state index in [1.54, 1.807) is 19.1 Å². The highest BCUT2D eigenvalue weighted by Gasteiger charge is 2.19. The molecule has 1 N–H and O–H groups in total. The monoisotopic (exact) mass is 521 g/mol. The fourth-order valence-electron chi connectivity index (χ4n) is 2.84. The molecule has 0 aromatic carbocycles. The number of hydrogen-bond donors (Lipinski definition) is 1. The van der Waals surface area contributed by atoms with Crippen molar-refractivity contribution in [2.75, 3.05) is 14.2 Å². The summed E-state index contributed by atoms with van der Waals surface area (Å²) in [7, 11) is 2.85. The van der Waals surface area contributed by atoms with Gasteiger partial charge in [0, 0.05) is 23.0 Å². The van der Waals surface area contributed by atoms with Gasteiger partial charge in [0.25, 0.3) is 11.1 Å². The third kappa shape index (κ3) is 6.61. The highest BCUT2D eigenvalue weighted by Crippen LogP contribution is 2.34. The van der Waals surface area contributed by atoms with Crippen molar-refractivity contribution in [3.8, 4) is 22.1 Å². The summed E-state index contributed by atoms with van der Waals surface area (Å²) in [4.78, 5) is 48.1. The van der Waals surface area contributed by atoms with Gasteiger partial charge in [-0.25, -0.2) is 4.98 Å². The summed E-state index contributed by atoms with van der Waals surface area (Å²) < 4.78 is 16.7. The van der Waals surface area contributed by atoms with Crippen LogP contribution in [-0.2, 0) is 21.1 Å². The van der Waals surface area contributed by atoms with Gasteiger partial charge in [0.05, 0.1) is 38.8 Å². The lowest BCUT2D eigenvalue weighted by Crippen LogP contribution is -2.22. The average Bonchev–Trinajstić information content (AvgIpc) is 3.22. The number of aryl methyl sites for hydroxylation is 1. The van der Waals surface area contributed by atoms with E-state index in [0.29, 0.717) is 22.6 Å². The molecule has 0 aliphatic carbocycles. The summed E-state index contributed by atoms with van der Waals surface area (Å²) in [5.41, 5.74) is 1.82. The number of methoxy groups -OCH3 is 2. The summed E-state index contributed by atoms with van der Waals surface area (Å²) >= 11 is 7.02. The van der Waals surface area contributed by atoms with Crippen molar-refractivity contribution in [1.82, 2.24) is 19.7 Å². The topological polar surface area (TPSA) is 155 Å². The molecule has 0 unspecified atom stereocenters. The van der Waals surface area contributed by atoms with Crippen molar-refractivity contribution >= 4 is 40.8 Å². The maximum atomic E-state index is 13.2. The van der Waals surface area contributed by atoms with Crippen LogP contribution in [0.15, 0.2) is 29.5 Å². The van der Waals surface area contributed by atoms with E-state index in [0.717, 1.165) is 16.0 Å². The predicted octanol–water partition coefficient (Wildman–Crippen LogP) is 2.49. The van der Waals surface area contributed by atoms with Gasteiger partial charge in [-0.3, -0.25) is 19.4 Å². The lowest BCUT2D eigenvalue weighted by molar-refractivity contribution is -0.151. The number of carboxylic acid groups (broad SMARTS) is 1. The van der Waals surface area contributed by atoms with Gasteiger partial charge in [-0.15, -0.1) is 5.10 Å². The zero-order valence-corrected chi connectivity index (χ0v) is 20.4. The number of hydrogen-bond acceptors (Lipinski definition) is 10. The second kappa shape index (κ2) is 11.5. The van der Waals surface area contributed by atoms with Gasteiger partial charge < -0.3 is 19.3 Å². The number of nitrogens with zero attached hydrogens (tertiary/aromatic N) is 5. The smallest absolute Gasteiger partial charge is 0.308 e. The highest BCUT2D eigenvalue weighted by atomic mass is 35.5. The van der Waals surface area contributed by atoms with Crippen LogP contribution in [0.1, 0.15) is 28.9 Å². The Balaban J connectivity index is 1.98. The maximum Gasteiger partial charge on any atom is 0.308 e. The van der Waals surface area contributed by atoms with Crippen molar-refractivity contribution < 1.29 is 33.7 Å². The largest absolute Gasteiger partial charge is 0.494 e. The zero-order chi connectivity index (χ0) is 25.5. The van der Waals surface area contributed by atoms with Crippen LogP contribution in [0.25, 0.3) is 11.1 Å². The summed E-state index contributed by atoms with van der Waals surface area (Å²) in [6, 6.07) is 3.26. The van der Waals surface area contributed by atoms with Crippen LogP contribution in [0.4, 0.5) is 0 Å². The normalized spacial score (nSPS) is 11.3. The predicted molar refractivity (Wildman–Crippen MR) is 123 cm³/mol. The molecule has 0 spiro atoms. The molecule has 35 heavy (non-hydrogen) atoms. The summed E-state index contributed by atoms with van der Waals surface area (Å²) in [5.74, 6) is -2.12. The molecule has 0 aliphatic heterocycles. The second-order valence-corrected chi connectivity index (χ2v) is 8.19. The quantitative estimate of drug-likeness (QED) is 0.328. The Kier molecular flexibility index (Phi) is 8.49. The molecule has 184 valence electrons. The van der Waals surface area contributed by atoms with Gasteiger partial charge in [-0.2, -0.15) is 9.67 Å². The number of esters is 1. The Labute approximate surface area is 207 Å². The summed E-state index contributed by atoms with van der Waals surface area (Å²) in [5, 5.41) is 13.2. The first-order chi connectivity index (χ1) is 16.7. The van der Waals surface area contributed by atoms with E-state index in [-0.39, 0.29) is 33.6 Å². The first-order valence-electron chi connectivity index (χ1n) is 9.96. The average molecular weight is 522 g/mol. The third-order valence-electron chi connectivity index (χ3n) is 4.48. The van der Waals surface area contributed by atoms with Crippen LogP contribution in [0.5, 0.6) is 10.9 Å². The molecule has 0 aliphatic rings. The number of carboxylic acids is 1. The van der Waals surface area contributed by atoms with Gasteiger partial charge in [-0.05, 0) is 30.4 Å². The number of pyridine rings is 2. The zero-order valence-electron chi connectivity index (χ0n) is 18.8. The van der Waals surface area contributed by atoms with Crippen molar-refractivity contribution in [2.24, 2.45) is 4.99 Å². The summed E-state index contributed by atoms with van der Waals surface area (Å²) in [6.45, 7) is 1.38. The fourth-order valence-corrected chi connectivity index (χ4v) is 3.71. The van der Waals surface area contributed by atoms with E-state index in [1.807, 2.05) is 0 Å². The molecular formula is C21H20ClN5O7S. The lowest BCUT2D eigenvalue weighted by atomic mass is 10.0. The van der Waals surface area contributed by atoms with Crippen molar-refractivity contribution in [1.29, 1.82) is 0 Å². The van der Waals surface area contributed by atoms with E-state index < -0.39 is 24.6 Å². The highest BCUT2D eigenvalue weighted by molar-refractivity contribution is 7.10. The van der Waals surface area contributed by atoms with Crippen LogP contribution >= 0.6 is 22.9 Å². The number of carbonyl (C=O) groups is 3. The first-order valence-corrected chi connectivity index (χ1v) is 11.2. The Morgan fingerprint density at radius 2 is 1.89 bits per heavy atom. The molecule has 3 heterocycles. The van der Waals surface area contributed by atoms with Crippen LogP contribution in [-0.4, -0.2) is 56.9 Å². The van der Waals surface area contributed by atoms with E-state index in [4.69, 9.17) is 30.9 Å². The van der Waals surface area contributed by atoms with Crippen molar-refractivity contribution in [3.05, 3.63) is 45.7 Å². The molecule has 3 aromatic heterocycles. The SMILES string of the molecule is COc1nn(COC(=O)CCC(=O)O)c(=NC(=O)c2cnc(C)cc2-c2cc(Cl)ncc2OC)s1.